The molecule has 1 aliphatic carbocycles. The van der Waals surface area contributed by atoms with Crippen LogP contribution in [0.15, 0.2) is 36.7 Å². The number of hydrogen-bond acceptors (Lipinski definition) is 3. The molecule has 124 valence electrons. The van der Waals surface area contributed by atoms with Crippen LogP contribution in [-0.2, 0) is 0 Å². The predicted molar refractivity (Wildman–Crippen MR) is 91.0 cm³/mol. The fourth-order valence-electron chi connectivity index (χ4n) is 3.69. The summed E-state index contributed by atoms with van der Waals surface area (Å²) >= 11 is 0. The normalized spacial score (nSPS) is 27.8. The summed E-state index contributed by atoms with van der Waals surface area (Å²) in [6, 6.07) is 4.57. The smallest absolute Gasteiger partial charge is 0.315 e. The lowest BCUT2D eigenvalue weighted by Crippen LogP contribution is -2.43. The summed E-state index contributed by atoms with van der Waals surface area (Å²) < 4.78 is 0. The molecule has 1 aromatic heterocycles. The Hall–Kier alpha value is -1.88. The number of likely N-dealkylation sites (tertiary alicyclic amines) is 1. The molecule has 0 saturated carbocycles. The molecule has 5 heteroatoms. The largest absolute Gasteiger partial charge is 0.338 e. The summed E-state index contributed by atoms with van der Waals surface area (Å²) in [4.78, 5) is 18.7. The van der Waals surface area contributed by atoms with Crippen LogP contribution in [0.25, 0.3) is 0 Å². The van der Waals surface area contributed by atoms with Crippen LogP contribution in [-0.4, -0.2) is 42.1 Å². The second kappa shape index (κ2) is 7.59. The standard InChI is InChI=1S/C18H26N4O/c1-22-11-9-15(17(22)14-6-5-10-19-12-14)13-20-18(23)21-16-7-3-2-4-8-16/h3,5-7,10,12,15-17H,2,4,8-9,11,13H2,1H3,(H2,20,21,23)/t15-,16+,17-/m0/s1. The van der Waals surface area contributed by atoms with E-state index in [1.807, 2.05) is 12.3 Å². The number of rotatable bonds is 4. The molecular formula is C18H26N4O. The van der Waals surface area contributed by atoms with Crippen molar-refractivity contribution in [1.29, 1.82) is 0 Å². The topological polar surface area (TPSA) is 57.3 Å². The van der Waals surface area contributed by atoms with Gasteiger partial charge in [-0.15, -0.1) is 0 Å². The van der Waals surface area contributed by atoms with Gasteiger partial charge in [-0.25, -0.2) is 4.79 Å². The Balaban J connectivity index is 1.53. The second-order valence-corrected chi connectivity index (χ2v) is 6.58. The van der Waals surface area contributed by atoms with E-state index in [2.05, 4.69) is 45.8 Å². The average molecular weight is 314 g/mol. The van der Waals surface area contributed by atoms with Crippen molar-refractivity contribution in [3.05, 3.63) is 42.2 Å². The van der Waals surface area contributed by atoms with Crippen LogP contribution in [0.2, 0.25) is 0 Å². The van der Waals surface area contributed by atoms with Crippen LogP contribution in [0.1, 0.15) is 37.3 Å². The number of aromatic nitrogens is 1. The van der Waals surface area contributed by atoms with E-state index in [1.54, 1.807) is 6.20 Å². The minimum Gasteiger partial charge on any atom is -0.338 e. The Morgan fingerprint density at radius 1 is 1.43 bits per heavy atom. The molecule has 3 rings (SSSR count). The van der Waals surface area contributed by atoms with Gasteiger partial charge in [0.1, 0.15) is 0 Å². The highest BCUT2D eigenvalue weighted by atomic mass is 16.2. The first kappa shape index (κ1) is 16.0. The van der Waals surface area contributed by atoms with Crippen molar-refractivity contribution in [2.45, 2.75) is 37.8 Å². The molecule has 2 amide bonds. The van der Waals surface area contributed by atoms with E-state index < -0.39 is 0 Å². The molecule has 0 spiro atoms. The summed E-state index contributed by atoms with van der Waals surface area (Å²) in [5, 5.41) is 6.11. The van der Waals surface area contributed by atoms with Crippen molar-refractivity contribution in [1.82, 2.24) is 20.5 Å². The number of hydrogen-bond donors (Lipinski definition) is 2. The third-order valence-electron chi connectivity index (χ3n) is 4.90. The number of allylic oxidation sites excluding steroid dienone is 1. The molecule has 0 aromatic carbocycles. The lowest BCUT2D eigenvalue weighted by molar-refractivity contribution is 0.231. The maximum atomic E-state index is 12.1. The Labute approximate surface area is 138 Å². The monoisotopic (exact) mass is 314 g/mol. The Bertz CT molecular complexity index is 545. The third kappa shape index (κ3) is 4.10. The van der Waals surface area contributed by atoms with E-state index >= 15 is 0 Å². The molecule has 2 heterocycles. The molecule has 0 unspecified atom stereocenters. The van der Waals surface area contributed by atoms with Crippen LogP contribution in [0.5, 0.6) is 0 Å². The number of pyridine rings is 1. The van der Waals surface area contributed by atoms with Gasteiger partial charge in [-0.3, -0.25) is 9.88 Å². The maximum Gasteiger partial charge on any atom is 0.315 e. The van der Waals surface area contributed by atoms with Gasteiger partial charge in [0.25, 0.3) is 0 Å². The zero-order valence-electron chi connectivity index (χ0n) is 13.7. The second-order valence-electron chi connectivity index (χ2n) is 6.58. The molecule has 0 radical (unpaired) electrons. The molecule has 1 saturated heterocycles. The number of urea groups is 1. The lowest BCUT2D eigenvalue weighted by atomic mass is 9.95. The lowest BCUT2D eigenvalue weighted by Gasteiger charge is -2.26. The van der Waals surface area contributed by atoms with Gasteiger partial charge in [0.2, 0.25) is 0 Å². The summed E-state index contributed by atoms with van der Waals surface area (Å²) in [5.74, 6) is 0.428. The predicted octanol–water partition coefficient (Wildman–Crippen LogP) is 2.48. The fourth-order valence-corrected chi connectivity index (χ4v) is 3.69. The number of carbonyl (C=O) groups excluding carboxylic acids is 1. The molecule has 0 bridgehead atoms. The molecule has 1 aromatic rings. The quantitative estimate of drug-likeness (QED) is 0.840. The van der Waals surface area contributed by atoms with Crippen LogP contribution in [0, 0.1) is 5.92 Å². The molecule has 5 nitrogen and oxygen atoms in total. The van der Waals surface area contributed by atoms with E-state index in [-0.39, 0.29) is 12.1 Å². The van der Waals surface area contributed by atoms with Crippen molar-refractivity contribution in [2.24, 2.45) is 5.92 Å². The van der Waals surface area contributed by atoms with Gasteiger partial charge in [-0.2, -0.15) is 0 Å². The highest BCUT2D eigenvalue weighted by molar-refractivity contribution is 5.74. The van der Waals surface area contributed by atoms with Crippen molar-refractivity contribution in [2.75, 3.05) is 20.1 Å². The third-order valence-corrected chi connectivity index (χ3v) is 4.90. The van der Waals surface area contributed by atoms with Gasteiger partial charge in [-0.1, -0.05) is 18.2 Å². The van der Waals surface area contributed by atoms with Gasteiger partial charge in [-0.05, 0) is 56.8 Å². The fraction of sp³-hybridized carbons (Fsp3) is 0.556. The van der Waals surface area contributed by atoms with Crippen molar-refractivity contribution in [3.63, 3.8) is 0 Å². The number of amides is 2. The Morgan fingerprint density at radius 2 is 2.35 bits per heavy atom. The number of nitrogens with zero attached hydrogens (tertiary/aromatic N) is 2. The van der Waals surface area contributed by atoms with E-state index in [9.17, 15) is 4.79 Å². The summed E-state index contributed by atoms with van der Waals surface area (Å²) in [5.41, 5.74) is 1.23. The van der Waals surface area contributed by atoms with E-state index in [4.69, 9.17) is 0 Å². The van der Waals surface area contributed by atoms with Crippen LogP contribution >= 0.6 is 0 Å². The van der Waals surface area contributed by atoms with Crippen molar-refractivity contribution >= 4 is 6.03 Å². The van der Waals surface area contributed by atoms with Gasteiger partial charge in [0.15, 0.2) is 0 Å². The van der Waals surface area contributed by atoms with E-state index in [0.29, 0.717) is 18.5 Å². The van der Waals surface area contributed by atoms with E-state index in [1.165, 1.54) is 5.56 Å². The van der Waals surface area contributed by atoms with Crippen LogP contribution < -0.4 is 10.6 Å². The first-order valence-electron chi connectivity index (χ1n) is 8.55. The van der Waals surface area contributed by atoms with Gasteiger partial charge in [0, 0.05) is 31.0 Å². The zero-order valence-corrected chi connectivity index (χ0v) is 13.7. The SMILES string of the molecule is CN1CC[C@@H](CNC(=O)N[C@@H]2C=CCCC2)[C@@H]1c1cccnc1. The molecule has 1 fully saturated rings. The summed E-state index contributed by atoms with van der Waals surface area (Å²) in [7, 11) is 2.14. The minimum absolute atomic E-state index is 0.0546. The molecule has 1 aliphatic heterocycles. The molecule has 3 atom stereocenters. The van der Waals surface area contributed by atoms with Gasteiger partial charge in [0.05, 0.1) is 0 Å². The van der Waals surface area contributed by atoms with Gasteiger partial charge >= 0.3 is 6.03 Å². The summed E-state index contributed by atoms with van der Waals surface area (Å²) in [6.45, 7) is 1.76. The average Bonchev–Trinajstić information content (AvgIpc) is 2.95. The summed E-state index contributed by atoms with van der Waals surface area (Å²) in [6.07, 6.45) is 12.4. The van der Waals surface area contributed by atoms with E-state index in [0.717, 1.165) is 32.2 Å². The number of carbonyl (C=O) groups is 1. The highest BCUT2D eigenvalue weighted by Crippen LogP contribution is 2.35. The highest BCUT2D eigenvalue weighted by Gasteiger charge is 2.33. The molecule has 23 heavy (non-hydrogen) atoms. The number of nitrogens with one attached hydrogen (secondary N) is 2. The molecule has 2 aliphatic rings. The molecular weight excluding hydrogens is 288 g/mol. The van der Waals surface area contributed by atoms with Crippen molar-refractivity contribution < 1.29 is 4.79 Å². The van der Waals surface area contributed by atoms with Gasteiger partial charge < -0.3 is 10.6 Å². The zero-order chi connectivity index (χ0) is 16.1. The van der Waals surface area contributed by atoms with Crippen molar-refractivity contribution in [3.8, 4) is 0 Å². The Morgan fingerprint density at radius 3 is 3.09 bits per heavy atom. The first-order chi connectivity index (χ1) is 11.2. The minimum atomic E-state index is -0.0546. The Kier molecular flexibility index (Phi) is 5.28. The van der Waals surface area contributed by atoms with Crippen LogP contribution in [0.3, 0.4) is 0 Å². The molecule has 2 N–H and O–H groups in total. The first-order valence-corrected chi connectivity index (χ1v) is 8.55. The van der Waals surface area contributed by atoms with Crippen LogP contribution in [0.4, 0.5) is 4.79 Å². The maximum absolute atomic E-state index is 12.1.